The van der Waals surface area contributed by atoms with Gasteiger partial charge < -0.3 is 15.0 Å². The Kier molecular flexibility index (Phi) is 6.92. The Morgan fingerprint density at radius 2 is 1.88 bits per heavy atom. The summed E-state index contributed by atoms with van der Waals surface area (Å²) in [6, 6.07) is 7.74. The lowest BCUT2D eigenvalue weighted by atomic mass is 9.85. The molecule has 144 valence electrons. The Hall–Kier alpha value is -1.14. The minimum absolute atomic E-state index is 0.0658. The minimum atomic E-state index is 0.0658. The molecule has 0 unspecified atom stereocenters. The summed E-state index contributed by atoms with van der Waals surface area (Å²) in [7, 11) is 2.17. The molecule has 1 amide bonds. The van der Waals surface area contributed by atoms with Crippen molar-refractivity contribution in [1.29, 1.82) is 0 Å². The standard InChI is InChI=1S/C20H30ClN3O2/c1-23-10-8-20(9-11-23,24-12-14-26-15-13-24)16-22-19(25)7-6-17-4-2-3-5-18(17)21/h2-5H,6-16H2,1H3,(H,22,25). The molecule has 1 N–H and O–H groups in total. The van der Waals surface area contributed by atoms with E-state index in [1.807, 2.05) is 24.3 Å². The number of benzene rings is 1. The first-order valence-electron chi connectivity index (χ1n) is 9.60. The fraction of sp³-hybridized carbons (Fsp3) is 0.650. The third-order valence-corrected chi connectivity index (χ3v) is 6.16. The summed E-state index contributed by atoms with van der Waals surface area (Å²) in [6.45, 7) is 6.37. The average molecular weight is 380 g/mol. The van der Waals surface area contributed by atoms with Crippen molar-refractivity contribution in [2.24, 2.45) is 0 Å². The van der Waals surface area contributed by atoms with Gasteiger partial charge in [-0.1, -0.05) is 29.8 Å². The van der Waals surface area contributed by atoms with Gasteiger partial charge in [0.15, 0.2) is 0 Å². The zero-order valence-corrected chi connectivity index (χ0v) is 16.4. The van der Waals surface area contributed by atoms with Gasteiger partial charge in [0.2, 0.25) is 5.91 Å². The maximum absolute atomic E-state index is 12.5. The van der Waals surface area contributed by atoms with E-state index >= 15 is 0 Å². The van der Waals surface area contributed by atoms with E-state index < -0.39 is 0 Å². The number of morpholine rings is 1. The van der Waals surface area contributed by atoms with Crippen LogP contribution < -0.4 is 5.32 Å². The number of ether oxygens (including phenoxy) is 1. The van der Waals surface area contributed by atoms with Crippen molar-refractivity contribution < 1.29 is 9.53 Å². The summed E-state index contributed by atoms with van der Waals surface area (Å²) in [4.78, 5) is 17.4. The number of nitrogens with one attached hydrogen (secondary N) is 1. The Morgan fingerprint density at radius 1 is 1.19 bits per heavy atom. The van der Waals surface area contributed by atoms with Crippen molar-refractivity contribution in [3.05, 3.63) is 34.9 Å². The molecule has 5 nitrogen and oxygen atoms in total. The molecule has 0 saturated carbocycles. The molecule has 0 aromatic heterocycles. The van der Waals surface area contributed by atoms with Gasteiger partial charge >= 0.3 is 0 Å². The van der Waals surface area contributed by atoms with Gasteiger partial charge in [-0.25, -0.2) is 0 Å². The van der Waals surface area contributed by atoms with Gasteiger partial charge in [0.25, 0.3) is 0 Å². The van der Waals surface area contributed by atoms with E-state index in [1.165, 1.54) is 0 Å². The molecule has 0 bridgehead atoms. The number of halogens is 1. The average Bonchev–Trinajstić information content (AvgIpc) is 2.68. The molecular weight excluding hydrogens is 350 g/mol. The monoisotopic (exact) mass is 379 g/mol. The fourth-order valence-corrected chi connectivity index (χ4v) is 4.21. The highest BCUT2D eigenvalue weighted by atomic mass is 35.5. The molecule has 2 aliphatic heterocycles. The molecule has 2 heterocycles. The van der Waals surface area contributed by atoms with Crippen LogP contribution in [0.3, 0.4) is 0 Å². The van der Waals surface area contributed by atoms with Crippen LogP contribution >= 0.6 is 11.6 Å². The van der Waals surface area contributed by atoms with Crippen molar-refractivity contribution >= 4 is 17.5 Å². The second-order valence-corrected chi connectivity index (χ2v) is 7.90. The molecule has 1 aromatic carbocycles. The van der Waals surface area contributed by atoms with Crippen LogP contribution in [0.1, 0.15) is 24.8 Å². The molecule has 0 atom stereocenters. The Bertz CT molecular complexity index is 596. The van der Waals surface area contributed by atoms with Crippen LogP contribution in [0.4, 0.5) is 0 Å². The molecule has 3 rings (SSSR count). The number of amides is 1. The normalized spacial score (nSPS) is 21.5. The van der Waals surface area contributed by atoms with Gasteiger partial charge in [0.1, 0.15) is 0 Å². The number of hydrogen-bond acceptors (Lipinski definition) is 4. The second kappa shape index (κ2) is 9.18. The largest absolute Gasteiger partial charge is 0.379 e. The van der Waals surface area contributed by atoms with E-state index in [0.29, 0.717) is 12.8 Å². The van der Waals surface area contributed by atoms with E-state index in [2.05, 4.69) is 22.2 Å². The van der Waals surface area contributed by atoms with Gasteiger partial charge in [0, 0.05) is 36.6 Å². The maximum atomic E-state index is 12.5. The van der Waals surface area contributed by atoms with E-state index in [4.69, 9.17) is 16.3 Å². The highest BCUT2D eigenvalue weighted by Gasteiger charge is 2.39. The van der Waals surface area contributed by atoms with Crippen LogP contribution in [0.25, 0.3) is 0 Å². The molecule has 2 aliphatic rings. The fourth-order valence-electron chi connectivity index (χ4n) is 3.98. The summed E-state index contributed by atoms with van der Waals surface area (Å²) in [5, 5.41) is 3.95. The smallest absolute Gasteiger partial charge is 0.220 e. The van der Waals surface area contributed by atoms with Crippen molar-refractivity contribution in [2.75, 3.05) is 53.0 Å². The number of hydrogen-bond donors (Lipinski definition) is 1. The first-order valence-corrected chi connectivity index (χ1v) is 9.98. The topological polar surface area (TPSA) is 44.8 Å². The first-order chi connectivity index (χ1) is 12.6. The number of carbonyl (C=O) groups is 1. The highest BCUT2D eigenvalue weighted by Crippen LogP contribution is 2.29. The lowest BCUT2D eigenvalue weighted by Crippen LogP contribution is -2.62. The van der Waals surface area contributed by atoms with Crippen molar-refractivity contribution in [2.45, 2.75) is 31.2 Å². The van der Waals surface area contributed by atoms with Crippen LogP contribution in [0.15, 0.2) is 24.3 Å². The molecular formula is C20H30ClN3O2. The predicted octanol–water partition coefficient (Wildman–Crippen LogP) is 2.19. The number of rotatable bonds is 6. The summed E-state index contributed by atoms with van der Waals surface area (Å²) in [5.41, 5.74) is 1.10. The molecule has 2 saturated heterocycles. The first kappa shape index (κ1) is 19.6. The van der Waals surface area contributed by atoms with E-state index in [1.54, 1.807) is 0 Å². The van der Waals surface area contributed by atoms with Gasteiger partial charge in [-0.3, -0.25) is 9.69 Å². The predicted molar refractivity (Wildman–Crippen MR) is 105 cm³/mol. The molecule has 0 aliphatic carbocycles. The zero-order chi connectivity index (χ0) is 18.4. The summed E-state index contributed by atoms with van der Waals surface area (Å²) in [5.74, 6) is 0.108. The lowest BCUT2D eigenvalue weighted by Gasteiger charge is -2.49. The number of nitrogens with zero attached hydrogens (tertiary/aromatic N) is 2. The molecule has 26 heavy (non-hydrogen) atoms. The van der Waals surface area contributed by atoms with Crippen LogP contribution in [0.2, 0.25) is 5.02 Å². The zero-order valence-electron chi connectivity index (χ0n) is 15.7. The number of aryl methyl sites for hydroxylation is 1. The van der Waals surface area contributed by atoms with Gasteiger partial charge in [-0.2, -0.15) is 0 Å². The Balaban J connectivity index is 1.55. The van der Waals surface area contributed by atoms with Gasteiger partial charge in [-0.05, 0) is 51.0 Å². The Labute approximate surface area is 161 Å². The maximum Gasteiger partial charge on any atom is 0.220 e. The molecule has 0 radical (unpaired) electrons. The molecule has 6 heteroatoms. The summed E-state index contributed by atoms with van der Waals surface area (Å²) >= 11 is 6.19. The SMILES string of the molecule is CN1CCC(CNC(=O)CCc2ccccc2Cl)(N2CCOCC2)CC1. The van der Waals surface area contributed by atoms with Gasteiger partial charge in [0.05, 0.1) is 13.2 Å². The van der Waals surface area contributed by atoms with Crippen LogP contribution in [0.5, 0.6) is 0 Å². The second-order valence-electron chi connectivity index (χ2n) is 7.50. The van der Waals surface area contributed by atoms with Crippen molar-refractivity contribution in [3.63, 3.8) is 0 Å². The minimum Gasteiger partial charge on any atom is -0.379 e. The van der Waals surface area contributed by atoms with Crippen LogP contribution in [0, 0.1) is 0 Å². The number of likely N-dealkylation sites (tertiary alicyclic amines) is 1. The quantitative estimate of drug-likeness (QED) is 0.822. The molecule has 2 fully saturated rings. The van der Waals surface area contributed by atoms with E-state index in [9.17, 15) is 4.79 Å². The van der Waals surface area contributed by atoms with E-state index in [-0.39, 0.29) is 11.4 Å². The Morgan fingerprint density at radius 3 is 2.58 bits per heavy atom. The summed E-state index contributed by atoms with van der Waals surface area (Å²) < 4.78 is 5.53. The molecule has 0 spiro atoms. The van der Waals surface area contributed by atoms with Crippen molar-refractivity contribution in [1.82, 2.24) is 15.1 Å². The third-order valence-electron chi connectivity index (χ3n) is 5.79. The van der Waals surface area contributed by atoms with Crippen LogP contribution in [-0.2, 0) is 16.0 Å². The van der Waals surface area contributed by atoms with Crippen molar-refractivity contribution in [3.8, 4) is 0 Å². The summed E-state index contributed by atoms with van der Waals surface area (Å²) in [6.07, 6.45) is 3.34. The lowest BCUT2D eigenvalue weighted by molar-refractivity contribution is -0.122. The number of piperidine rings is 1. The molecule has 1 aromatic rings. The van der Waals surface area contributed by atoms with E-state index in [0.717, 1.165) is 69.4 Å². The van der Waals surface area contributed by atoms with Gasteiger partial charge in [-0.15, -0.1) is 0 Å². The third kappa shape index (κ3) is 4.97. The number of carbonyl (C=O) groups excluding carboxylic acids is 1. The highest BCUT2D eigenvalue weighted by molar-refractivity contribution is 6.31. The van der Waals surface area contributed by atoms with Crippen LogP contribution in [-0.4, -0.2) is 74.2 Å².